The third-order valence-corrected chi connectivity index (χ3v) is 9.94. The number of allylic oxidation sites excluding steroid dienone is 6. The standard InChI is InChI=1S/C41H72O12S/c1-3-5-7-9-11-13-15-16-17-18-20-21-23-25-27-29-36(42)50-31-34(52-37(43)30-28-26-24-22-19-14-12-10-8-6-4-2)32-51-41-40(46)39(45)38(44)35(53-41)33-54(47,48)49/h10-13,16-17,34-35,38-41,44-46H,3-9,14-15,18-33H2,1-2H3,(H,47,48,49)/b12-10+,13-11+,17-16+/t34-,35-,38-,39?,40?,41+/m1/s1. The minimum Gasteiger partial charge on any atom is -0.462 e. The van der Waals surface area contributed by atoms with E-state index in [2.05, 4.69) is 50.3 Å². The van der Waals surface area contributed by atoms with Gasteiger partial charge in [-0.15, -0.1) is 0 Å². The third kappa shape index (κ3) is 26.6. The second kappa shape index (κ2) is 32.0. The Morgan fingerprint density at radius 3 is 1.70 bits per heavy atom. The number of unbranched alkanes of at least 4 members (excludes halogenated alkanes) is 15. The highest BCUT2D eigenvalue weighted by Crippen LogP contribution is 2.24. The molecular weight excluding hydrogens is 717 g/mol. The van der Waals surface area contributed by atoms with Crippen molar-refractivity contribution in [2.45, 2.75) is 192 Å². The van der Waals surface area contributed by atoms with Crippen molar-refractivity contribution < 1.29 is 56.8 Å². The zero-order valence-electron chi connectivity index (χ0n) is 33.1. The highest BCUT2D eigenvalue weighted by atomic mass is 32.2. The monoisotopic (exact) mass is 788 g/mol. The summed E-state index contributed by atoms with van der Waals surface area (Å²) < 4.78 is 53.8. The molecule has 0 aromatic heterocycles. The lowest BCUT2D eigenvalue weighted by Gasteiger charge is -2.40. The summed E-state index contributed by atoms with van der Waals surface area (Å²) in [5.41, 5.74) is 0. The van der Waals surface area contributed by atoms with Crippen molar-refractivity contribution in [3.8, 4) is 0 Å². The molecule has 1 saturated heterocycles. The number of hydrogen-bond acceptors (Lipinski definition) is 11. The van der Waals surface area contributed by atoms with Crippen LogP contribution < -0.4 is 0 Å². The molecule has 4 N–H and O–H groups in total. The SMILES string of the molecule is CCCC/C=C/CCCCCCCC(=O)O[C@H](COC(=O)CCCCCCC/C=C/C/C=C/CCCCC)CO[C@H]1O[C@H](CS(=O)(=O)O)[C@@H](O)C(O)C1O. The molecule has 0 aromatic rings. The molecule has 12 nitrogen and oxygen atoms in total. The Morgan fingerprint density at radius 1 is 0.630 bits per heavy atom. The molecule has 0 spiro atoms. The second-order valence-electron chi connectivity index (χ2n) is 14.3. The van der Waals surface area contributed by atoms with Crippen molar-refractivity contribution in [2.75, 3.05) is 19.0 Å². The molecule has 1 fully saturated rings. The van der Waals surface area contributed by atoms with E-state index >= 15 is 0 Å². The van der Waals surface area contributed by atoms with Crippen molar-refractivity contribution in [1.29, 1.82) is 0 Å². The molecule has 6 atom stereocenters. The molecule has 0 amide bonds. The molecule has 0 radical (unpaired) electrons. The number of aliphatic hydroxyl groups is 3. The normalized spacial score (nSPS) is 21.3. The maximum absolute atomic E-state index is 12.7. The van der Waals surface area contributed by atoms with Crippen LogP contribution in [0.2, 0.25) is 0 Å². The molecule has 1 aliphatic heterocycles. The van der Waals surface area contributed by atoms with Crippen LogP contribution in [0.5, 0.6) is 0 Å². The smallest absolute Gasteiger partial charge is 0.306 e. The van der Waals surface area contributed by atoms with Crippen molar-refractivity contribution >= 4 is 22.1 Å². The van der Waals surface area contributed by atoms with Crippen molar-refractivity contribution in [3.05, 3.63) is 36.5 Å². The van der Waals surface area contributed by atoms with Crippen LogP contribution in [0.25, 0.3) is 0 Å². The van der Waals surface area contributed by atoms with Gasteiger partial charge in [-0.3, -0.25) is 14.1 Å². The van der Waals surface area contributed by atoms with Crippen LogP contribution in [-0.2, 0) is 38.7 Å². The fraction of sp³-hybridized carbons (Fsp3) is 0.805. The van der Waals surface area contributed by atoms with Crippen LogP contribution in [0.3, 0.4) is 0 Å². The zero-order valence-corrected chi connectivity index (χ0v) is 33.9. The number of rotatable bonds is 33. The van der Waals surface area contributed by atoms with E-state index < -0.39 is 71.2 Å². The fourth-order valence-electron chi connectivity index (χ4n) is 5.92. The average molecular weight is 789 g/mol. The second-order valence-corrected chi connectivity index (χ2v) is 15.8. The minimum absolute atomic E-state index is 0.150. The lowest BCUT2D eigenvalue weighted by Crippen LogP contribution is -2.60. The number of ether oxygens (including phenoxy) is 4. The molecule has 2 unspecified atom stereocenters. The van der Waals surface area contributed by atoms with Gasteiger partial charge in [0.1, 0.15) is 36.8 Å². The predicted molar refractivity (Wildman–Crippen MR) is 210 cm³/mol. The van der Waals surface area contributed by atoms with Gasteiger partial charge in [0, 0.05) is 12.8 Å². The van der Waals surface area contributed by atoms with Crippen LogP contribution in [-0.4, -0.2) is 96.0 Å². The summed E-state index contributed by atoms with van der Waals surface area (Å²) in [6, 6.07) is 0. The molecule has 0 aromatic carbocycles. The van der Waals surface area contributed by atoms with E-state index in [4.69, 9.17) is 18.9 Å². The van der Waals surface area contributed by atoms with E-state index in [0.29, 0.717) is 12.8 Å². The van der Waals surface area contributed by atoms with Gasteiger partial charge in [0.15, 0.2) is 12.4 Å². The summed E-state index contributed by atoms with van der Waals surface area (Å²) in [7, 11) is -4.60. The Kier molecular flexibility index (Phi) is 29.6. The maximum atomic E-state index is 12.7. The van der Waals surface area contributed by atoms with Gasteiger partial charge in [0.25, 0.3) is 10.1 Å². The molecule has 314 valence electrons. The molecule has 0 bridgehead atoms. The first-order chi connectivity index (χ1) is 26.0. The first kappa shape index (κ1) is 49.9. The van der Waals surface area contributed by atoms with Crippen molar-refractivity contribution in [3.63, 3.8) is 0 Å². The van der Waals surface area contributed by atoms with Gasteiger partial charge in [-0.25, -0.2) is 0 Å². The van der Waals surface area contributed by atoms with Crippen molar-refractivity contribution in [1.82, 2.24) is 0 Å². The van der Waals surface area contributed by atoms with Crippen molar-refractivity contribution in [2.24, 2.45) is 0 Å². The lowest BCUT2D eigenvalue weighted by molar-refractivity contribution is -0.297. The number of carbonyl (C=O) groups is 2. The minimum atomic E-state index is -4.60. The number of hydrogen-bond donors (Lipinski definition) is 4. The summed E-state index contributed by atoms with van der Waals surface area (Å²) in [6.45, 7) is 3.65. The highest BCUT2D eigenvalue weighted by Gasteiger charge is 2.46. The summed E-state index contributed by atoms with van der Waals surface area (Å²) in [5.74, 6) is -2.02. The highest BCUT2D eigenvalue weighted by molar-refractivity contribution is 7.85. The van der Waals surface area contributed by atoms with E-state index in [1.165, 1.54) is 32.1 Å². The summed E-state index contributed by atoms with van der Waals surface area (Å²) in [4.78, 5) is 25.3. The van der Waals surface area contributed by atoms with Crippen LogP contribution in [0.15, 0.2) is 36.5 Å². The number of carbonyl (C=O) groups excluding carboxylic acids is 2. The van der Waals surface area contributed by atoms with E-state index in [1.54, 1.807) is 0 Å². The molecule has 1 rings (SSSR count). The van der Waals surface area contributed by atoms with E-state index in [1.807, 2.05) is 0 Å². The van der Waals surface area contributed by atoms with Gasteiger partial charge in [-0.05, 0) is 64.2 Å². The molecule has 54 heavy (non-hydrogen) atoms. The van der Waals surface area contributed by atoms with Gasteiger partial charge < -0.3 is 34.3 Å². The molecule has 1 aliphatic rings. The van der Waals surface area contributed by atoms with E-state index in [-0.39, 0.29) is 19.4 Å². The van der Waals surface area contributed by atoms with E-state index in [0.717, 1.165) is 83.5 Å². The Morgan fingerprint density at radius 2 is 1.13 bits per heavy atom. The zero-order chi connectivity index (χ0) is 39.9. The molecule has 0 aliphatic carbocycles. The molecule has 1 heterocycles. The Labute approximate surface area is 325 Å². The fourth-order valence-corrected chi connectivity index (χ4v) is 6.61. The largest absolute Gasteiger partial charge is 0.462 e. The maximum Gasteiger partial charge on any atom is 0.306 e. The van der Waals surface area contributed by atoms with Gasteiger partial charge in [-0.1, -0.05) is 115 Å². The van der Waals surface area contributed by atoms with Crippen LogP contribution >= 0.6 is 0 Å². The first-order valence-corrected chi connectivity index (χ1v) is 22.2. The third-order valence-electron chi connectivity index (χ3n) is 9.19. The number of esters is 2. The summed E-state index contributed by atoms with van der Waals surface area (Å²) >= 11 is 0. The molecular formula is C41H72O12S. The van der Waals surface area contributed by atoms with Gasteiger partial charge in [-0.2, -0.15) is 8.42 Å². The van der Waals surface area contributed by atoms with Crippen LogP contribution in [0.4, 0.5) is 0 Å². The Bertz CT molecular complexity index is 1150. The Hall–Kier alpha value is -2.13. The van der Waals surface area contributed by atoms with E-state index in [9.17, 15) is 37.9 Å². The Balaban J connectivity index is 2.50. The molecule has 0 saturated carbocycles. The number of aliphatic hydroxyl groups excluding tert-OH is 3. The predicted octanol–water partition coefficient (Wildman–Crippen LogP) is 7.44. The quantitative estimate of drug-likeness (QED) is 0.0223. The summed E-state index contributed by atoms with van der Waals surface area (Å²) in [6.07, 6.45) is 24.9. The molecule has 13 heteroatoms. The van der Waals surface area contributed by atoms with Gasteiger partial charge in [0.05, 0.1) is 6.61 Å². The topological polar surface area (TPSA) is 186 Å². The van der Waals surface area contributed by atoms with Crippen LogP contribution in [0, 0.1) is 0 Å². The average Bonchev–Trinajstić information content (AvgIpc) is 3.13. The van der Waals surface area contributed by atoms with Crippen LogP contribution in [0.1, 0.15) is 155 Å². The lowest BCUT2D eigenvalue weighted by atomic mass is 10.00. The first-order valence-electron chi connectivity index (χ1n) is 20.5. The van der Waals surface area contributed by atoms with Gasteiger partial charge >= 0.3 is 11.9 Å². The summed E-state index contributed by atoms with van der Waals surface area (Å²) in [5, 5.41) is 30.8. The van der Waals surface area contributed by atoms with Gasteiger partial charge in [0.2, 0.25) is 0 Å².